The minimum Gasteiger partial charge on any atom is -0.457 e. The summed E-state index contributed by atoms with van der Waals surface area (Å²) in [7, 11) is 0. The molecule has 0 atom stereocenters. The Labute approximate surface area is 195 Å². The van der Waals surface area contributed by atoms with Crippen molar-refractivity contribution in [2.24, 2.45) is 0 Å². The molecule has 0 aromatic heterocycles. The Hall–Kier alpha value is -2.37. The highest BCUT2D eigenvalue weighted by Crippen LogP contribution is 2.50. The Kier molecular flexibility index (Phi) is 6.59. The smallest absolute Gasteiger partial charge is 0.362 e. The van der Waals surface area contributed by atoms with Gasteiger partial charge in [-0.1, -0.05) is 41.9 Å². The van der Waals surface area contributed by atoms with Crippen LogP contribution in [0.1, 0.15) is 48.8 Å². The molecule has 5 nitrogen and oxygen atoms in total. The monoisotopic (exact) mass is 455 g/mol. The summed E-state index contributed by atoms with van der Waals surface area (Å²) in [5, 5.41) is 3.86. The summed E-state index contributed by atoms with van der Waals surface area (Å²) in [6.45, 7) is 6.11. The van der Waals surface area contributed by atoms with Gasteiger partial charge in [-0.05, 0) is 61.9 Å². The SMILES string of the molecule is Cc1cc(Cl)cc(C)c1NC(=O)C1([N+]2(CC(=O)OCc3ccccc3)CCCCC2)CC1. The lowest BCUT2D eigenvalue weighted by atomic mass is 9.99. The van der Waals surface area contributed by atoms with Crippen molar-refractivity contribution in [3.63, 3.8) is 0 Å². The number of hydrogen-bond acceptors (Lipinski definition) is 3. The van der Waals surface area contributed by atoms with Crippen LogP contribution in [0.25, 0.3) is 0 Å². The lowest BCUT2D eigenvalue weighted by molar-refractivity contribution is -0.950. The maximum Gasteiger partial charge on any atom is 0.362 e. The average Bonchev–Trinajstić information content (AvgIpc) is 3.59. The normalized spacial score (nSPS) is 18.6. The molecule has 1 heterocycles. The van der Waals surface area contributed by atoms with Gasteiger partial charge in [0.2, 0.25) is 0 Å². The van der Waals surface area contributed by atoms with E-state index in [2.05, 4.69) is 5.32 Å². The standard InChI is InChI=1S/C26H31ClN2O3/c1-19-15-22(27)16-20(2)24(19)28-25(31)26(11-12-26)29(13-7-4-8-14-29)17-23(30)32-18-21-9-5-3-6-10-21/h3,5-6,9-10,15-16H,4,7-8,11-14,17-18H2,1-2H3/p+1. The largest absolute Gasteiger partial charge is 0.457 e. The van der Waals surface area contributed by atoms with E-state index >= 15 is 0 Å². The fraction of sp³-hybridized carbons (Fsp3) is 0.462. The number of rotatable bonds is 7. The predicted octanol–water partition coefficient (Wildman–Crippen LogP) is 5.17. The highest BCUT2D eigenvalue weighted by molar-refractivity contribution is 6.30. The fourth-order valence-corrected chi connectivity index (χ4v) is 5.59. The van der Waals surface area contributed by atoms with Gasteiger partial charge in [-0.3, -0.25) is 4.79 Å². The van der Waals surface area contributed by atoms with E-state index in [0.717, 1.165) is 67.6 Å². The molecule has 6 heteroatoms. The molecule has 2 aromatic rings. The van der Waals surface area contributed by atoms with Gasteiger partial charge in [0.1, 0.15) is 6.61 Å². The summed E-state index contributed by atoms with van der Waals surface area (Å²) in [5.41, 5.74) is 3.15. The molecule has 2 aliphatic rings. The third kappa shape index (κ3) is 4.55. The van der Waals surface area contributed by atoms with Crippen molar-refractivity contribution in [1.82, 2.24) is 0 Å². The van der Waals surface area contributed by atoms with Crippen LogP contribution in [0, 0.1) is 13.8 Å². The number of quaternary nitrogens is 1. The molecule has 32 heavy (non-hydrogen) atoms. The summed E-state index contributed by atoms with van der Waals surface area (Å²) >= 11 is 6.17. The molecule has 2 fully saturated rings. The second-order valence-corrected chi connectivity index (χ2v) is 9.79. The highest BCUT2D eigenvalue weighted by atomic mass is 35.5. The number of anilines is 1. The van der Waals surface area contributed by atoms with E-state index in [1.165, 1.54) is 0 Å². The molecule has 0 unspecified atom stereocenters. The summed E-state index contributed by atoms with van der Waals surface area (Å²) in [5.74, 6) is -0.211. The van der Waals surface area contributed by atoms with E-state index < -0.39 is 5.54 Å². The molecule has 1 saturated carbocycles. The predicted molar refractivity (Wildman–Crippen MR) is 126 cm³/mol. The Morgan fingerprint density at radius 1 is 1.03 bits per heavy atom. The number of hydrogen-bond donors (Lipinski definition) is 1. The highest BCUT2D eigenvalue weighted by Gasteiger charge is 2.66. The van der Waals surface area contributed by atoms with Crippen molar-refractivity contribution >= 4 is 29.2 Å². The van der Waals surface area contributed by atoms with Gasteiger partial charge in [0, 0.05) is 23.6 Å². The fourth-order valence-electron chi connectivity index (χ4n) is 5.26. The lowest BCUT2D eigenvalue weighted by Crippen LogP contribution is -2.66. The molecular formula is C26H32ClN2O3+. The number of amides is 1. The van der Waals surface area contributed by atoms with Crippen LogP contribution in [0.4, 0.5) is 5.69 Å². The first-order valence-corrected chi connectivity index (χ1v) is 11.9. The average molecular weight is 456 g/mol. The van der Waals surface area contributed by atoms with Gasteiger partial charge < -0.3 is 14.5 Å². The number of carbonyl (C=O) groups is 2. The molecule has 0 radical (unpaired) electrons. The van der Waals surface area contributed by atoms with Crippen LogP contribution >= 0.6 is 11.6 Å². The molecule has 0 bridgehead atoms. The van der Waals surface area contributed by atoms with E-state index in [0.29, 0.717) is 9.51 Å². The van der Waals surface area contributed by atoms with E-state index in [-0.39, 0.29) is 25.0 Å². The Balaban J connectivity index is 1.51. The van der Waals surface area contributed by atoms with Crippen LogP contribution in [0.3, 0.4) is 0 Å². The van der Waals surface area contributed by atoms with Crippen molar-refractivity contribution in [3.05, 3.63) is 64.2 Å². The molecule has 4 rings (SSSR count). The van der Waals surface area contributed by atoms with Crippen LogP contribution in [0.15, 0.2) is 42.5 Å². The molecule has 1 saturated heterocycles. The van der Waals surface area contributed by atoms with E-state index in [1.807, 2.05) is 56.3 Å². The van der Waals surface area contributed by atoms with Crippen LogP contribution < -0.4 is 5.32 Å². The van der Waals surface area contributed by atoms with Crippen LogP contribution in [-0.4, -0.2) is 41.5 Å². The Morgan fingerprint density at radius 3 is 2.25 bits per heavy atom. The van der Waals surface area contributed by atoms with E-state index in [1.54, 1.807) is 0 Å². The molecular weight excluding hydrogens is 424 g/mol. The Morgan fingerprint density at radius 2 is 1.66 bits per heavy atom. The van der Waals surface area contributed by atoms with Crippen molar-refractivity contribution < 1.29 is 18.8 Å². The van der Waals surface area contributed by atoms with Crippen molar-refractivity contribution in [2.75, 3.05) is 25.0 Å². The number of ether oxygens (including phenoxy) is 1. The number of nitrogens with zero attached hydrogens (tertiary/aromatic N) is 1. The zero-order valence-corrected chi connectivity index (χ0v) is 19.7. The number of benzene rings is 2. The summed E-state index contributed by atoms with van der Waals surface area (Å²) in [6, 6.07) is 13.5. The van der Waals surface area contributed by atoms with Gasteiger partial charge in [0.05, 0.1) is 13.1 Å². The minimum atomic E-state index is -0.551. The number of esters is 1. The van der Waals surface area contributed by atoms with Crippen LogP contribution in [0.5, 0.6) is 0 Å². The first-order valence-electron chi connectivity index (χ1n) is 11.5. The summed E-state index contributed by atoms with van der Waals surface area (Å²) in [4.78, 5) is 26.5. The number of piperidine rings is 1. The molecule has 1 aliphatic carbocycles. The number of halogens is 1. The molecule has 1 amide bonds. The number of carbonyl (C=O) groups excluding carboxylic acids is 2. The molecule has 170 valence electrons. The molecule has 1 aliphatic heterocycles. The zero-order chi connectivity index (χ0) is 22.8. The van der Waals surface area contributed by atoms with Gasteiger partial charge in [0.15, 0.2) is 12.1 Å². The second kappa shape index (κ2) is 9.24. The maximum atomic E-state index is 13.6. The van der Waals surface area contributed by atoms with Gasteiger partial charge in [-0.25, -0.2) is 4.79 Å². The number of likely N-dealkylation sites (tertiary alicyclic amines) is 1. The third-order valence-electron chi connectivity index (χ3n) is 7.14. The topological polar surface area (TPSA) is 55.4 Å². The lowest BCUT2D eigenvalue weighted by Gasteiger charge is -2.46. The summed E-state index contributed by atoms with van der Waals surface area (Å²) in [6.07, 6.45) is 4.80. The zero-order valence-electron chi connectivity index (χ0n) is 19.0. The molecule has 1 N–H and O–H groups in total. The van der Waals surface area contributed by atoms with Crippen LogP contribution in [0.2, 0.25) is 5.02 Å². The van der Waals surface area contributed by atoms with E-state index in [4.69, 9.17) is 16.3 Å². The summed E-state index contributed by atoms with van der Waals surface area (Å²) < 4.78 is 6.14. The minimum absolute atomic E-state index is 0.0174. The number of aryl methyl sites for hydroxylation is 2. The van der Waals surface area contributed by atoms with Gasteiger partial charge in [-0.15, -0.1) is 0 Å². The Bertz CT molecular complexity index is 972. The van der Waals surface area contributed by atoms with Crippen molar-refractivity contribution in [2.45, 2.75) is 58.1 Å². The number of nitrogens with one attached hydrogen (secondary N) is 1. The van der Waals surface area contributed by atoms with Crippen molar-refractivity contribution in [3.8, 4) is 0 Å². The second-order valence-electron chi connectivity index (χ2n) is 9.36. The van der Waals surface area contributed by atoms with Crippen LogP contribution in [-0.2, 0) is 20.9 Å². The first kappa shape index (κ1) is 22.8. The van der Waals surface area contributed by atoms with E-state index in [9.17, 15) is 9.59 Å². The van der Waals surface area contributed by atoms with Crippen molar-refractivity contribution in [1.29, 1.82) is 0 Å². The third-order valence-corrected chi connectivity index (χ3v) is 7.36. The first-order chi connectivity index (χ1) is 15.4. The molecule has 2 aromatic carbocycles. The van der Waals surface area contributed by atoms with Gasteiger partial charge >= 0.3 is 5.97 Å². The quantitative estimate of drug-likeness (QED) is 0.462. The van der Waals surface area contributed by atoms with Gasteiger partial charge in [-0.2, -0.15) is 0 Å². The molecule has 0 spiro atoms. The maximum absolute atomic E-state index is 13.6. The van der Waals surface area contributed by atoms with Gasteiger partial charge in [0.25, 0.3) is 5.91 Å².